The molecule has 1 amide bonds. The molecule has 4 rings (SSSR count). The molecule has 2 N–H and O–H groups in total. The van der Waals surface area contributed by atoms with Crippen molar-refractivity contribution in [1.82, 2.24) is 9.62 Å². The van der Waals surface area contributed by atoms with Gasteiger partial charge in [-0.1, -0.05) is 24.3 Å². The highest BCUT2D eigenvalue weighted by Crippen LogP contribution is 2.33. The molecule has 2 aromatic rings. The Kier molecular flexibility index (Phi) is 8.22. The Bertz CT molecular complexity index is 1370. The van der Waals surface area contributed by atoms with Crippen molar-refractivity contribution in [3.05, 3.63) is 69.6 Å². The maximum Gasteiger partial charge on any atom is 0.389 e. The number of halogens is 3. The highest BCUT2D eigenvalue weighted by molar-refractivity contribution is 7.92. The van der Waals surface area contributed by atoms with Crippen LogP contribution in [-0.2, 0) is 21.2 Å². The zero-order valence-electron chi connectivity index (χ0n) is 22.2. The fourth-order valence-electron chi connectivity index (χ4n) is 5.05. The van der Waals surface area contributed by atoms with Crippen LogP contribution in [0.15, 0.2) is 46.8 Å². The second kappa shape index (κ2) is 11.1. The minimum Gasteiger partial charge on any atom is -0.388 e. The number of amides is 1. The zero-order chi connectivity index (χ0) is 28.4. The SMILES string of the molecule is CNc1cc(C)c(/C=C/S(=O)(=O)N2CCC3(CC2)N=C(c2ccc(CCCC(F)(F)F)cc2)NC3=O)c(C)c1. The van der Waals surface area contributed by atoms with Gasteiger partial charge in [-0.25, -0.2) is 8.42 Å². The highest BCUT2D eigenvalue weighted by atomic mass is 32.2. The zero-order valence-corrected chi connectivity index (χ0v) is 23.0. The highest BCUT2D eigenvalue weighted by Gasteiger charge is 2.47. The topological polar surface area (TPSA) is 90.9 Å². The molecule has 7 nitrogen and oxygen atoms in total. The van der Waals surface area contributed by atoms with E-state index in [1.54, 1.807) is 30.3 Å². The molecule has 1 saturated heterocycles. The molecular formula is C28H33F3N4O3S. The third kappa shape index (κ3) is 6.70. The van der Waals surface area contributed by atoms with Crippen molar-refractivity contribution in [2.24, 2.45) is 4.99 Å². The molecular weight excluding hydrogens is 529 g/mol. The number of benzene rings is 2. The molecule has 0 bridgehead atoms. The number of aliphatic imine (C=N–C) groups is 1. The van der Waals surface area contributed by atoms with Crippen LogP contribution in [0.4, 0.5) is 18.9 Å². The van der Waals surface area contributed by atoms with Gasteiger partial charge in [0, 0.05) is 43.2 Å². The molecule has 0 radical (unpaired) electrons. The minimum atomic E-state index is -4.17. The summed E-state index contributed by atoms with van der Waals surface area (Å²) in [6.45, 7) is 4.18. The lowest BCUT2D eigenvalue weighted by molar-refractivity contribution is -0.135. The largest absolute Gasteiger partial charge is 0.389 e. The van der Waals surface area contributed by atoms with Crippen LogP contribution in [0.3, 0.4) is 0 Å². The van der Waals surface area contributed by atoms with Crippen molar-refractivity contribution >= 4 is 33.5 Å². The Hall–Kier alpha value is -3.18. The first-order valence-electron chi connectivity index (χ1n) is 12.9. The lowest BCUT2D eigenvalue weighted by Gasteiger charge is -2.34. The van der Waals surface area contributed by atoms with Crippen molar-refractivity contribution < 1.29 is 26.4 Å². The number of nitrogens with zero attached hydrogens (tertiary/aromatic N) is 2. The van der Waals surface area contributed by atoms with Crippen molar-refractivity contribution in [3.63, 3.8) is 0 Å². The second-order valence-electron chi connectivity index (χ2n) is 10.1. The van der Waals surface area contributed by atoms with Crippen LogP contribution in [0.2, 0.25) is 0 Å². The maximum absolute atomic E-state index is 13.1. The summed E-state index contributed by atoms with van der Waals surface area (Å²) in [6.07, 6.45) is -2.55. The van der Waals surface area contributed by atoms with Gasteiger partial charge in [0.1, 0.15) is 11.4 Å². The molecule has 39 heavy (non-hydrogen) atoms. The van der Waals surface area contributed by atoms with E-state index in [2.05, 4.69) is 15.6 Å². The van der Waals surface area contributed by atoms with Crippen molar-refractivity contribution in [3.8, 4) is 0 Å². The average molecular weight is 563 g/mol. The monoisotopic (exact) mass is 562 g/mol. The predicted octanol–water partition coefficient (Wildman–Crippen LogP) is 4.94. The van der Waals surface area contributed by atoms with Gasteiger partial charge in [-0.15, -0.1) is 0 Å². The number of piperidine rings is 1. The van der Waals surface area contributed by atoms with E-state index in [1.165, 1.54) is 9.71 Å². The lowest BCUT2D eigenvalue weighted by atomic mass is 9.89. The quantitative estimate of drug-likeness (QED) is 0.477. The molecule has 0 aliphatic carbocycles. The van der Waals surface area contributed by atoms with Gasteiger partial charge in [-0.05, 0) is 80.0 Å². The van der Waals surface area contributed by atoms with Crippen LogP contribution >= 0.6 is 0 Å². The average Bonchev–Trinajstić information content (AvgIpc) is 3.18. The van der Waals surface area contributed by atoms with E-state index >= 15 is 0 Å². The van der Waals surface area contributed by atoms with Gasteiger partial charge in [0.05, 0.1) is 0 Å². The molecule has 0 aromatic heterocycles. The first-order valence-corrected chi connectivity index (χ1v) is 14.4. The second-order valence-corrected chi connectivity index (χ2v) is 12.0. The number of hydrogen-bond donors (Lipinski definition) is 2. The van der Waals surface area contributed by atoms with E-state index < -0.39 is 28.2 Å². The van der Waals surface area contributed by atoms with E-state index in [1.807, 2.05) is 33.0 Å². The van der Waals surface area contributed by atoms with Crippen molar-refractivity contribution in [1.29, 1.82) is 0 Å². The molecule has 11 heteroatoms. The van der Waals surface area contributed by atoms with E-state index in [0.29, 0.717) is 17.8 Å². The van der Waals surface area contributed by atoms with Gasteiger partial charge < -0.3 is 10.6 Å². The molecule has 2 aliphatic rings. The van der Waals surface area contributed by atoms with Crippen LogP contribution in [0.1, 0.15) is 53.5 Å². The summed E-state index contributed by atoms with van der Waals surface area (Å²) in [5, 5.41) is 7.12. The van der Waals surface area contributed by atoms with Crippen LogP contribution in [0.5, 0.6) is 0 Å². The molecule has 1 fully saturated rings. The number of sulfonamides is 1. The molecule has 1 spiro atoms. The summed E-state index contributed by atoms with van der Waals surface area (Å²) >= 11 is 0. The maximum atomic E-state index is 13.1. The molecule has 0 saturated carbocycles. The van der Waals surface area contributed by atoms with Crippen LogP contribution in [0.25, 0.3) is 6.08 Å². The number of aryl methyl sites for hydroxylation is 3. The number of hydrogen-bond acceptors (Lipinski definition) is 5. The molecule has 2 aromatic carbocycles. The van der Waals surface area contributed by atoms with E-state index in [4.69, 9.17) is 0 Å². The number of alkyl halides is 3. The summed E-state index contributed by atoms with van der Waals surface area (Å²) in [7, 11) is -1.86. The first kappa shape index (κ1) is 28.8. The summed E-state index contributed by atoms with van der Waals surface area (Å²) in [5.74, 6) is 0.129. The lowest BCUT2D eigenvalue weighted by Crippen LogP contribution is -2.50. The summed E-state index contributed by atoms with van der Waals surface area (Å²) < 4.78 is 64.7. The minimum absolute atomic E-state index is 0.0140. The number of rotatable bonds is 8. The van der Waals surface area contributed by atoms with E-state index in [-0.39, 0.29) is 38.3 Å². The number of anilines is 1. The van der Waals surface area contributed by atoms with Crippen LogP contribution in [-0.4, -0.2) is 56.3 Å². The Morgan fingerprint density at radius 2 is 1.72 bits per heavy atom. The Morgan fingerprint density at radius 3 is 2.28 bits per heavy atom. The standard InChI is InChI=1S/C28H33F3N4O3S/c1-19-17-23(32-3)18-20(2)24(19)10-16-39(37,38)35-14-12-27(13-15-35)26(36)33-25(34-27)22-8-6-21(7-9-22)5-4-11-28(29,30)31/h6-10,16-18,32H,4-5,11-15H2,1-3H3,(H,33,34,36)/b16-10+. The number of nitrogens with one attached hydrogen (secondary N) is 2. The third-order valence-corrected chi connectivity index (χ3v) is 8.90. The van der Waals surface area contributed by atoms with Gasteiger partial charge in [0.15, 0.2) is 0 Å². The fraction of sp³-hybridized carbons (Fsp3) is 0.429. The number of amidine groups is 1. The molecule has 2 aliphatic heterocycles. The summed E-state index contributed by atoms with van der Waals surface area (Å²) in [6, 6.07) is 10.9. The van der Waals surface area contributed by atoms with Crippen molar-refractivity contribution in [2.75, 3.05) is 25.5 Å². The molecule has 0 atom stereocenters. The smallest absolute Gasteiger partial charge is 0.388 e. The van der Waals surface area contributed by atoms with Crippen molar-refractivity contribution in [2.45, 2.75) is 57.7 Å². The van der Waals surface area contributed by atoms with E-state index in [9.17, 15) is 26.4 Å². The van der Waals surface area contributed by atoms with Gasteiger partial charge >= 0.3 is 6.18 Å². The number of carbonyl (C=O) groups is 1. The van der Waals surface area contributed by atoms with Gasteiger partial charge in [0.2, 0.25) is 10.0 Å². The van der Waals surface area contributed by atoms with Gasteiger partial charge in [0.25, 0.3) is 5.91 Å². The third-order valence-electron chi connectivity index (χ3n) is 7.33. The molecule has 2 heterocycles. The number of carbonyl (C=O) groups excluding carboxylic acids is 1. The van der Waals surface area contributed by atoms with Gasteiger partial charge in [-0.3, -0.25) is 9.79 Å². The Morgan fingerprint density at radius 1 is 1.10 bits per heavy atom. The Balaban J connectivity index is 1.41. The molecule has 210 valence electrons. The van der Waals surface area contributed by atoms with Crippen LogP contribution < -0.4 is 10.6 Å². The van der Waals surface area contributed by atoms with Gasteiger partial charge in [-0.2, -0.15) is 17.5 Å². The first-order chi connectivity index (χ1) is 18.3. The summed E-state index contributed by atoms with van der Waals surface area (Å²) in [4.78, 5) is 17.6. The van der Waals surface area contributed by atoms with Crippen LogP contribution in [0, 0.1) is 13.8 Å². The van der Waals surface area contributed by atoms with E-state index in [0.717, 1.165) is 27.9 Å². The predicted molar refractivity (Wildman–Crippen MR) is 147 cm³/mol. The summed E-state index contributed by atoms with van der Waals surface area (Å²) in [5.41, 5.74) is 4.13. The fourth-order valence-corrected chi connectivity index (χ4v) is 6.22. The normalized spacial score (nSPS) is 18.0. The molecule has 0 unspecified atom stereocenters. The Labute approximate surface area is 227 Å².